The van der Waals surface area contributed by atoms with Crippen LogP contribution in [0.4, 0.5) is 14.5 Å². The van der Waals surface area contributed by atoms with Gasteiger partial charge in [0.2, 0.25) is 0 Å². The van der Waals surface area contributed by atoms with Gasteiger partial charge in [-0.2, -0.15) is 8.78 Å². The van der Waals surface area contributed by atoms with Crippen molar-refractivity contribution < 1.29 is 22.4 Å². The monoisotopic (exact) mass is 279 g/mol. The van der Waals surface area contributed by atoms with Crippen LogP contribution in [0.15, 0.2) is 29.4 Å². The molecule has 100 valence electrons. The lowest BCUT2D eigenvalue weighted by molar-refractivity contribution is 0.234. The van der Waals surface area contributed by atoms with Crippen molar-refractivity contribution in [1.82, 2.24) is 0 Å². The molecule has 0 amide bonds. The summed E-state index contributed by atoms with van der Waals surface area (Å²) in [6, 6.07) is 5.24. The van der Waals surface area contributed by atoms with E-state index in [9.17, 15) is 17.2 Å². The molecule has 0 fully saturated rings. The van der Waals surface area contributed by atoms with Gasteiger partial charge < -0.3 is 10.9 Å². The highest BCUT2D eigenvalue weighted by Gasteiger charge is 2.29. The van der Waals surface area contributed by atoms with Gasteiger partial charge in [-0.15, -0.1) is 0 Å². The number of halogens is 2. The number of sulfonamides is 1. The highest BCUT2D eigenvalue weighted by atomic mass is 32.2. The van der Waals surface area contributed by atoms with E-state index in [4.69, 9.17) is 10.9 Å². The van der Waals surface area contributed by atoms with Crippen molar-refractivity contribution in [2.24, 2.45) is 10.9 Å². The van der Waals surface area contributed by atoms with Crippen LogP contribution >= 0.6 is 0 Å². The average molecular weight is 279 g/mol. The molecule has 0 aliphatic heterocycles. The summed E-state index contributed by atoms with van der Waals surface area (Å²) in [5.74, 6) is -3.66. The van der Waals surface area contributed by atoms with Crippen molar-refractivity contribution in [1.29, 1.82) is 0 Å². The van der Waals surface area contributed by atoms with Crippen LogP contribution in [0.2, 0.25) is 0 Å². The maximum atomic E-state index is 12.3. The first-order chi connectivity index (χ1) is 8.30. The van der Waals surface area contributed by atoms with E-state index in [0.29, 0.717) is 9.87 Å². The fourth-order valence-electron chi connectivity index (χ4n) is 1.17. The van der Waals surface area contributed by atoms with E-state index in [-0.39, 0.29) is 11.5 Å². The van der Waals surface area contributed by atoms with E-state index in [1.54, 1.807) is 0 Å². The number of hydrogen-bond acceptors (Lipinski definition) is 4. The Balaban J connectivity index is 3.07. The van der Waals surface area contributed by atoms with Gasteiger partial charge in [0.1, 0.15) is 0 Å². The molecule has 0 saturated heterocycles. The van der Waals surface area contributed by atoms with Crippen LogP contribution in [0, 0.1) is 0 Å². The third-order valence-corrected chi connectivity index (χ3v) is 3.67. The normalized spacial score (nSPS) is 12.8. The van der Waals surface area contributed by atoms with Gasteiger partial charge >= 0.3 is 5.76 Å². The summed E-state index contributed by atoms with van der Waals surface area (Å²) in [7, 11) is -3.67. The average Bonchev–Trinajstić information content (AvgIpc) is 2.36. The standard InChI is InChI=1S/C9H11F2N3O3S/c1-14(18(16,17)9(10)11)7-4-2-6(3-5-7)8(12)13-15/h2-5,9,15H,1H3,(H2,12,13). The number of amidine groups is 1. The van der Waals surface area contributed by atoms with Crippen molar-refractivity contribution in [2.45, 2.75) is 5.76 Å². The minimum atomic E-state index is -4.68. The summed E-state index contributed by atoms with van der Waals surface area (Å²) in [5, 5.41) is 11.2. The van der Waals surface area contributed by atoms with Gasteiger partial charge in [0, 0.05) is 12.6 Å². The second-order valence-electron chi connectivity index (χ2n) is 3.31. The van der Waals surface area contributed by atoms with Crippen molar-refractivity contribution in [3.63, 3.8) is 0 Å². The first-order valence-corrected chi connectivity index (χ1v) is 6.15. The largest absolute Gasteiger partial charge is 0.409 e. The molecule has 1 aromatic rings. The van der Waals surface area contributed by atoms with Crippen molar-refractivity contribution in [2.75, 3.05) is 11.4 Å². The Hall–Kier alpha value is -1.90. The lowest BCUT2D eigenvalue weighted by atomic mass is 10.2. The van der Waals surface area contributed by atoms with Crippen LogP contribution in [0.3, 0.4) is 0 Å². The second-order valence-corrected chi connectivity index (χ2v) is 5.24. The van der Waals surface area contributed by atoms with Gasteiger partial charge in [-0.3, -0.25) is 4.31 Å². The summed E-state index contributed by atoms with van der Waals surface area (Å²) >= 11 is 0. The molecule has 0 spiro atoms. The number of nitrogens with two attached hydrogens (primary N) is 1. The van der Waals surface area contributed by atoms with E-state index >= 15 is 0 Å². The molecule has 3 N–H and O–H groups in total. The Morgan fingerprint density at radius 3 is 2.28 bits per heavy atom. The van der Waals surface area contributed by atoms with E-state index in [0.717, 1.165) is 7.05 Å². The van der Waals surface area contributed by atoms with Crippen LogP contribution in [0.1, 0.15) is 5.56 Å². The molecule has 9 heteroatoms. The van der Waals surface area contributed by atoms with Crippen LogP contribution in [-0.2, 0) is 10.0 Å². The van der Waals surface area contributed by atoms with Gasteiger partial charge in [0.15, 0.2) is 5.84 Å². The highest BCUT2D eigenvalue weighted by molar-refractivity contribution is 7.93. The number of nitrogens with zero attached hydrogens (tertiary/aromatic N) is 2. The molecule has 0 heterocycles. The molecule has 1 aromatic carbocycles. The van der Waals surface area contributed by atoms with Crippen LogP contribution in [-0.4, -0.2) is 32.3 Å². The van der Waals surface area contributed by atoms with Gasteiger partial charge in [-0.1, -0.05) is 5.16 Å². The van der Waals surface area contributed by atoms with E-state index in [2.05, 4.69) is 5.16 Å². The third-order valence-electron chi connectivity index (χ3n) is 2.24. The Morgan fingerprint density at radius 1 is 1.39 bits per heavy atom. The zero-order valence-electron chi connectivity index (χ0n) is 9.29. The molecule has 0 radical (unpaired) electrons. The Morgan fingerprint density at radius 2 is 1.89 bits per heavy atom. The van der Waals surface area contributed by atoms with Crippen molar-refractivity contribution in [3.05, 3.63) is 29.8 Å². The lowest BCUT2D eigenvalue weighted by Crippen LogP contribution is -2.31. The molecule has 1 rings (SSSR count). The molecule has 6 nitrogen and oxygen atoms in total. The Labute approximate surface area is 102 Å². The summed E-state index contributed by atoms with van der Waals surface area (Å²) < 4.78 is 47.5. The molecule has 0 unspecified atom stereocenters. The smallest absolute Gasteiger partial charge is 0.355 e. The van der Waals surface area contributed by atoms with E-state index in [1.807, 2.05) is 0 Å². The first-order valence-electron chi connectivity index (χ1n) is 4.64. The van der Waals surface area contributed by atoms with Gasteiger partial charge in [-0.05, 0) is 24.3 Å². The molecule has 0 saturated carbocycles. The first kappa shape index (κ1) is 14.2. The van der Waals surface area contributed by atoms with Gasteiger partial charge in [-0.25, -0.2) is 8.42 Å². The number of rotatable bonds is 4. The van der Waals surface area contributed by atoms with Gasteiger partial charge in [0.25, 0.3) is 10.0 Å². The summed E-state index contributed by atoms with van der Waals surface area (Å²) in [6.45, 7) is 0. The Kier molecular flexibility index (Phi) is 4.07. The molecular weight excluding hydrogens is 268 g/mol. The quantitative estimate of drug-likeness (QED) is 0.368. The molecular formula is C9H11F2N3O3S. The fourth-order valence-corrected chi connectivity index (χ4v) is 1.82. The summed E-state index contributed by atoms with van der Waals surface area (Å²) in [6.07, 6.45) is 0. The number of oxime groups is 1. The van der Waals surface area contributed by atoms with Crippen LogP contribution < -0.4 is 10.0 Å². The maximum absolute atomic E-state index is 12.3. The maximum Gasteiger partial charge on any atom is 0.355 e. The van der Waals surface area contributed by atoms with Crippen LogP contribution in [0.25, 0.3) is 0 Å². The van der Waals surface area contributed by atoms with Crippen LogP contribution in [0.5, 0.6) is 0 Å². The third kappa shape index (κ3) is 2.67. The molecule has 0 aromatic heterocycles. The Bertz CT molecular complexity index is 543. The van der Waals surface area contributed by atoms with Gasteiger partial charge in [0.05, 0.1) is 5.69 Å². The molecule has 0 atom stereocenters. The topological polar surface area (TPSA) is 96.0 Å². The minimum Gasteiger partial charge on any atom is -0.409 e. The summed E-state index contributed by atoms with van der Waals surface area (Å²) in [4.78, 5) is 0. The number of anilines is 1. The lowest BCUT2D eigenvalue weighted by Gasteiger charge is -2.18. The SMILES string of the molecule is CN(c1ccc(C(N)=NO)cc1)S(=O)(=O)C(F)F. The van der Waals surface area contributed by atoms with E-state index in [1.165, 1.54) is 24.3 Å². The zero-order valence-corrected chi connectivity index (χ0v) is 10.1. The molecule has 0 aliphatic carbocycles. The zero-order chi connectivity index (χ0) is 13.9. The number of alkyl halides is 2. The summed E-state index contributed by atoms with van der Waals surface area (Å²) in [5.41, 5.74) is 5.69. The minimum absolute atomic E-state index is 0.0461. The molecule has 0 aliphatic rings. The second kappa shape index (κ2) is 5.17. The predicted molar refractivity (Wildman–Crippen MR) is 62.3 cm³/mol. The fraction of sp³-hybridized carbons (Fsp3) is 0.222. The van der Waals surface area contributed by atoms with Crippen molar-refractivity contribution in [3.8, 4) is 0 Å². The molecule has 18 heavy (non-hydrogen) atoms. The number of benzene rings is 1. The van der Waals surface area contributed by atoms with Crippen molar-refractivity contribution >= 4 is 21.5 Å². The highest BCUT2D eigenvalue weighted by Crippen LogP contribution is 2.20. The van der Waals surface area contributed by atoms with E-state index < -0.39 is 15.8 Å². The predicted octanol–water partition coefficient (Wildman–Crippen LogP) is 0.770. The molecule has 0 bridgehead atoms. The number of hydrogen-bond donors (Lipinski definition) is 2.